The molecule has 1 rings (SSSR count). The molecule has 0 aliphatic carbocycles. The highest BCUT2D eigenvalue weighted by atomic mass is 19.4. The van der Waals surface area contributed by atoms with Crippen LogP contribution in [0.2, 0.25) is 0 Å². The number of ether oxygens (including phenoxy) is 1. The van der Waals surface area contributed by atoms with Gasteiger partial charge in [-0.05, 0) is 20.8 Å². The second-order valence-corrected chi connectivity index (χ2v) is 6.23. The van der Waals surface area contributed by atoms with Crippen LogP contribution in [0.5, 0.6) is 0 Å². The van der Waals surface area contributed by atoms with Crippen molar-refractivity contribution < 1.29 is 44.7 Å². The molecule has 1 heterocycles. The van der Waals surface area contributed by atoms with Gasteiger partial charge in [0.05, 0.1) is 7.11 Å². The Morgan fingerprint density at radius 3 is 1.74 bits per heavy atom. The molecule has 23 heavy (non-hydrogen) atoms. The largest absolute Gasteiger partial charge is 0.468 e. The van der Waals surface area contributed by atoms with Crippen LogP contribution in [0.4, 0.5) is 35.1 Å². The molecule has 0 aromatic heterocycles. The summed E-state index contributed by atoms with van der Waals surface area (Å²) in [5.74, 6) is -1.94. The van der Waals surface area contributed by atoms with E-state index in [1.165, 1.54) is 0 Å². The predicted molar refractivity (Wildman–Crippen MR) is 62.1 cm³/mol. The minimum absolute atomic E-state index is 0.180. The van der Waals surface area contributed by atoms with Gasteiger partial charge in [-0.1, -0.05) is 0 Å². The molecular formula is C12H15F8NO2. The minimum atomic E-state index is -6.30. The summed E-state index contributed by atoms with van der Waals surface area (Å²) in [7, 11) is 0.575. The summed E-state index contributed by atoms with van der Waals surface area (Å²) in [5, 5.41) is 0. The summed E-state index contributed by atoms with van der Waals surface area (Å²) in [6.45, 7) is 1.39. The molecule has 1 fully saturated rings. The minimum Gasteiger partial charge on any atom is -0.468 e. The molecular weight excluding hydrogens is 342 g/mol. The quantitative estimate of drug-likeness (QED) is 0.533. The van der Waals surface area contributed by atoms with Gasteiger partial charge < -0.3 is 4.74 Å². The second-order valence-electron chi connectivity index (χ2n) is 6.23. The number of rotatable bonds is 1. The number of esters is 1. The molecule has 1 aliphatic rings. The maximum absolute atomic E-state index is 14.7. The smallest absolute Gasteiger partial charge is 0.428 e. The molecule has 1 aliphatic heterocycles. The third kappa shape index (κ3) is 2.66. The zero-order valence-corrected chi connectivity index (χ0v) is 12.6. The lowest BCUT2D eigenvalue weighted by Gasteiger charge is -2.39. The molecule has 11 heteroatoms. The van der Waals surface area contributed by atoms with Crippen LogP contribution in [0.25, 0.3) is 0 Å². The Hall–Kier alpha value is -1.13. The van der Waals surface area contributed by atoms with Crippen molar-refractivity contribution >= 4 is 5.97 Å². The first-order valence-electron chi connectivity index (χ1n) is 6.31. The van der Waals surface area contributed by atoms with E-state index in [2.05, 4.69) is 4.74 Å². The van der Waals surface area contributed by atoms with Crippen LogP contribution in [-0.4, -0.2) is 59.8 Å². The number of nitrogens with zero attached hydrogens (tertiary/aromatic N) is 1. The summed E-state index contributed by atoms with van der Waals surface area (Å²) in [4.78, 5) is 11.8. The average molecular weight is 357 g/mol. The third-order valence-corrected chi connectivity index (χ3v) is 3.80. The van der Waals surface area contributed by atoms with E-state index in [0.29, 0.717) is 7.11 Å². The van der Waals surface area contributed by atoms with E-state index in [1.54, 1.807) is 0 Å². The van der Waals surface area contributed by atoms with Crippen molar-refractivity contribution in [2.75, 3.05) is 13.7 Å². The highest BCUT2D eigenvalue weighted by Crippen LogP contribution is 2.59. The molecule has 0 amide bonds. The topological polar surface area (TPSA) is 29.5 Å². The average Bonchev–Trinajstić information content (AvgIpc) is 2.58. The normalized spacial score (nSPS) is 33.8. The Bertz CT molecular complexity index is 483. The summed E-state index contributed by atoms with van der Waals surface area (Å²) in [6.07, 6.45) is -12.5. The van der Waals surface area contributed by atoms with Crippen LogP contribution < -0.4 is 0 Å². The van der Waals surface area contributed by atoms with Gasteiger partial charge in [0.1, 0.15) is 0 Å². The zero-order chi connectivity index (χ0) is 18.6. The molecule has 0 radical (unpaired) electrons. The van der Waals surface area contributed by atoms with Crippen molar-refractivity contribution in [1.29, 1.82) is 0 Å². The van der Waals surface area contributed by atoms with E-state index >= 15 is 0 Å². The molecule has 3 nitrogen and oxygen atoms in total. The Morgan fingerprint density at radius 2 is 1.48 bits per heavy atom. The second kappa shape index (κ2) is 5.18. The van der Waals surface area contributed by atoms with Gasteiger partial charge in [0.15, 0.2) is 6.04 Å². The fourth-order valence-electron chi connectivity index (χ4n) is 2.57. The van der Waals surface area contributed by atoms with E-state index in [1.807, 2.05) is 0 Å². The molecule has 0 bridgehead atoms. The van der Waals surface area contributed by atoms with Crippen molar-refractivity contribution in [3.8, 4) is 0 Å². The highest BCUT2D eigenvalue weighted by molar-refractivity contribution is 5.79. The lowest BCUT2D eigenvalue weighted by Crippen LogP contribution is -2.68. The van der Waals surface area contributed by atoms with Crippen LogP contribution in [0, 0.1) is 0 Å². The molecule has 0 N–H and O–H groups in total. The van der Waals surface area contributed by atoms with Gasteiger partial charge in [0, 0.05) is 12.1 Å². The van der Waals surface area contributed by atoms with Crippen molar-refractivity contribution in [3.63, 3.8) is 0 Å². The number of hydrogen-bond acceptors (Lipinski definition) is 3. The van der Waals surface area contributed by atoms with Gasteiger partial charge in [0.25, 0.3) is 11.3 Å². The zero-order valence-electron chi connectivity index (χ0n) is 12.6. The fourth-order valence-corrected chi connectivity index (χ4v) is 2.57. The molecule has 0 spiro atoms. The van der Waals surface area contributed by atoms with Crippen LogP contribution in [0.3, 0.4) is 0 Å². The van der Waals surface area contributed by atoms with Crippen molar-refractivity contribution in [1.82, 2.24) is 4.90 Å². The number of hydrogen-bond donors (Lipinski definition) is 0. The number of methoxy groups -OCH3 is 1. The number of likely N-dealkylation sites (tertiary alicyclic amines) is 1. The molecule has 0 aromatic carbocycles. The number of halogens is 8. The van der Waals surface area contributed by atoms with E-state index in [-0.39, 0.29) is 4.90 Å². The van der Waals surface area contributed by atoms with Crippen molar-refractivity contribution in [2.24, 2.45) is 0 Å². The van der Waals surface area contributed by atoms with E-state index < -0.39 is 47.8 Å². The van der Waals surface area contributed by atoms with Gasteiger partial charge in [-0.15, -0.1) is 0 Å². The van der Waals surface area contributed by atoms with Gasteiger partial charge in [-0.25, -0.2) is 8.78 Å². The van der Waals surface area contributed by atoms with Gasteiger partial charge in [0.2, 0.25) is 0 Å². The van der Waals surface area contributed by atoms with Gasteiger partial charge >= 0.3 is 18.3 Å². The summed E-state index contributed by atoms with van der Waals surface area (Å²) in [6, 6.07) is -3.13. The van der Waals surface area contributed by atoms with E-state index in [9.17, 15) is 39.9 Å². The number of carbonyl (C=O) groups is 1. The Kier molecular flexibility index (Phi) is 4.49. The molecule has 1 saturated heterocycles. The third-order valence-electron chi connectivity index (χ3n) is 3.80. The first kappa shape index (κ1) is 19.9. The first-order valence-corrected chi connectivity index (χ1v) is 6.31. The predicted octanol–water partition coefficient (Wildman–Crippen LogP) is 3.18. The summed E-state index contributed by atoms with van der Waals surface area (Å²) in [5.41, 5.74) is -12.4. The summed E-state index contributed by atoms with van der Waals surface area (Å²) < 4.78 is 111. The molecule has 136 valence electrons. The number of carbonyl (C=O) groups excluding carboxylic acids is 1. The highest BCUT2D eigenvalue weighted by Gasteiger charge is 2.88. The lowest BCUT2D eigenvalue weighted by atomic mass is 9.83. The van der Waals surface area contributed by atoms with Crippen LogP contribution in [0.15, 0.2) is 0 Å². The van der Waals surface area contributed by atoms with Crippen LogP contribution in [0.1, 0.15) is 20.8 Å². The lowest BCUT2D eigenvalue weighted by molar-refractivity contribution is -0.331. The Morgan fingerprint density at radius 1 is 1.04 bits per heavy atom. The maximum atomic E-state index is 14.7. The van der Waals surface area contributed by atoms with Gasteiger partial charge in [-0.3, -0.25) is 9.69 Å². The van der Waals surface area contributed by atoms with E-state index in [0.717, 1.165) is 20.8 Å². The van der Waals surface area contributed by atoms with E-state index in [4.69, 9.17) is 0 Å². The standard InChI is InChI=1S/C12H15F8NO2/c1-8(2,3)21-5-9(13,11(15,16)17)10(14,12(18,19)20)6(21)7(22)23-4/h6H,5H2,1-4H3. The Labute approximate surface area is 126 Å². The van der Waals surface area contributed by atoms with Crippen LogP contribution in [-0.2, 0) is 9.53 Å². The monoisotopic (exact) mass is 357 g/mol. The molecule has 0 saturated carbocycles. The maximum Gasteiger partial charge on any atom is 0.428 e. The molecule has 0 aromatic rings. The van der Waals surface area contributed by atoms with Crippen molar-refractivity contribution in [2.45, 2.75) is 56.0 Å². The Balaban J connectivity index is 3.74. The number of alkyl halides is 8. The molecule has 3 unspecified atom stereocenters. The summed E-state index contributed by atoms with van der Waals surface area (Å²) >= 11 is 0. The SMILES string of the molecule is COC(=O)C1N(C(C)(C)C)CC(F)(C(F)(F)F)C1(F)C(F)(F)F. The van der Waals surface area contributed by atoms with Gasteiger partial charge in [-0.2, -0.15) is 26.3 Å². The van der Waals surface area contributed by atoms with Crippen molar-refractivity contribution in [3.05, 3.63) is 0 Å². The molecule has 3 atom stereocenters. The van der Waals surface area contributed by atoms with Crippen LogP contribution >= 0.6 is 0 Å². The fraction of sp³-hybridized carbons (Fsp3) is 0.917. The first-order chi connectivity index (χ1) is 9.95.